The van der Waals surface area contributed by atoms with E-state index in [9.17, 15) is 14.4 Å². The molecular weight excluding hydrogens is 328 g/mol. The monoisotopic (exact) mass is 344 g/mol. The summed E-state index contributed by atoms with van der Waals surface area (Å²) in [5, 5.41) is 7.81. The van der Waals surface area contributed by atoms with Crippen molar-refractivity contribution < 1.29 is 14.4 Å². The summed E-state index contributed by atoms with van der Waals surface area (Å²) in [4.78, 5) is 40.1. The van der Waals surface area contributed by atoms with Gasteiger partial charge in [0, 0.05) is 10.9 Å². The third kappa shape index (κ3) is 3.60. The lowest BCUT2D eigenvalue weighted by atomic mass is 10.1. The van der Waals surface area contributed by atoms with Crippen molar-refractivity contribution >= 4 is 29.2 Å². The molecule has 0 bridgehead atoms. The molecule has 124 valence electrons. The number of urea groups is 1. The van der Waals surface area contributed by atoms with Gasteiger partial charge in [0.1, 0.15) is 11.6 Å². The molecule has 0 radical (unpaired) electrons. The van der Waals surface area contributed by atoms with Crippen LogP contribution in [0.4, 0.5) is 4.79 Å². The zero-order chi connectivity index (χ0) is 17.1. The minimum Gasteiger partial charge on any atom is -0.349 e. The number of carbonyl (C=O) groups excluding carboxylic acids is 3. The van der Waals surface area contributed by atoms with Crippen molar-refractivity contribution in [1.29, 1.82) is 0 Å². The van der Waals surface area contributed by atoms with Crippen molar-refractivity contribution in [2.75, 3.05) is 13.1 Å². The van der Waals surface area contributed by atoms with Crippen LogP contribution in [-0.4, -0.2) is 40.8 Å². The molecule has 1 fully saturated rings. The Bertz CT molecular complexity index is 786. The molecular formula is C16H16N4O3S. The van der Waals surface area contributed by atoms with Gasteiger partial charge in [0.25, 0.3) is 5.91 Å². The van der Waals surface area contributed by atoms with Crippen molar-refractivity contribution in [3.05, 3.63) is 40.9 Å². The summed E-state index contributed by atoms with van der Waals surface area (Å²) >= 11 is 1.51. The highest BCUT2D eigenvalue weighted by atomic mass is 32.1. The van der Waals surface area contributed by atoms with Gasteiger partial charge in [-0.15, -0.1) is 11.3 Å². The van der Waals surface area contributed by atoms with E-state index in [0.29, 0.717) is 0 Å². The van der Waals surface area contributed by atoms with Gasteiger partial charge in [-0.05, 0) is 13.0 Å². The summed E-state index contributed by atoms with van der Waals surface area (Å²) in [6.45, 7) is 1.94. The number of imide groups is 1. The second kappa shape index (κ2) is 6.79. The lowest BCUT2D eigenvalue weighted by Crippen LogP contribution is -2.40. The Morgan fingerprint density at radius 3 is 2.96 bits per heavy atom. The molecule has 0 saturated carbocycles. The molecule has 1 aromatic carbocycles. The molecule has 0 atom stereocenters. The van der Waals surface area contributed by atoms with Crippen molar-refractivity contribution in [1.82, 2.24) is 20.5 Å². The van der Waals surface area contributed by atoms with E-state index in [-0.39, 0.29) is 19.6 Å². The molecule has 0 unspecified atom stereocenters. The third-order valence-corrected chi connectivity index (χ3v) is 4.46. The number of thiazole rings is 1. The SMILES string of the molecule is Cc1cccc(-c2nc(CNC(=O)CN3C(=O)CNC3=O)cs2)c1. The molecule has 7 nitrogen and oxygen atoms in total. The number of nitrogens with one attached hydrogen (secondary N) is 2. The topological polar surface area (TPSA) is 91.4 Å². The van der Waals surface area contributed by atoms with Crippen molar-refractivity contribution in [2.24, 2.45) is 0 Å². The van der Waals surface area contributed by atoms with Crippen LogP contribution in [0, 0.1) is 6.92 Å². The second-order valence-electron chi connectivity index (χ2n) is 5.43. The van der Waals surface area contributed by atoms with Gasteiger partial charge in [0.05, 0.1) is 18.8 Å². The molecule has 8 heteroatoms. The number of aryl methyl sites for hydroxylation is 1. The molecule has 24 heavy (non-hydrogen) atoms. The zero-order valence-corrected chi connectivity index (χ0v) is 13.9. The quantitative estimate of drug-likeness (QED) is 0.800. The Kier molecular flexibility index (Phi) is 4.57. The minimum atomic E-state index is -0.537. The Hall–Kier alpha value is -2.74. The number of benzene rings is 1. The molecule has 3 rings (SSSR count). The smallest absolute Gasteiger partial charge is 0.325 e. The van der Waals surface area contributed by atoms with Crippen LogP contribution in [0.2, 0.25) is 0 Å². The fourth-order valence-electron chi connectivity index (χ4n) is 2.30. The Labute approximate surface area is 142 Å². The summed E-state index contributed by atoms with van der Waals surface area (Å²) in [6.07, 6.45) is 0. The van der Waals surface area contributed by atoms with Crippen LogP contribution >= 0.6 is 11.3 Å². The van der Waals surface area contributed by atoms with Gasteiger partial charge in [0.2, 0.25) is 5.91 Å². The first-order valence-corrected chi connectivity index (χ1v) is 8.27. The highest BCUT2D eigenvalue weighted by Crippen LogP contribution is 2.24. The average molecular weight is 344 g/mol. The summed E-state index contributed by atoms with van der Waals surface area (Å²) in [7, 11) is 0. The molecule has 1 aliphatic heterocycles. The van der Waals surface area contributed by atoms with E-state index >= 15 is 0 Å². The van der Waals surface area contributed by atoms with Crippen LogP contribution in [-0.2, 0) is 16.1 Å². The summed E-state index contributed by atoms with van der Waals surface area (Å²) in [6, 6.07) is 7.51. The van der Waals surface area contributed by atoms with Gasteiger partial charge >= 0.3 is 6.03 Å². The van der Waals surface area contributed by atoms with Crippen molar-refractivity contribution in [3.8, 4) is 10.6 Å². The van der Waals surface area contributed by atoms with Gasteiger partial charge in [-0.3, -0.25) is 14.5 Å². The highest BCUT2D eigenvalue weighted by molar-refractivity contribution is 7.13. The van der Waals surface area contributed by atoms with E-state index in [0.717, 1.165) is 26.7 Å². The molecule has 0 aliphatic carbocycles. The third-order valence-electron chi connectivity index (χ3n) is 3.52. The normalized spacial score (nSPS) is 14.0. The molecule has 2 N–H and O–H groups in total. The first kappa shape index (κ1) is 16.1. The van der Waals surface area contributed by atoms with Crippen LogP contribution in [0.1, 0.15) is 11.3 Å². The van der Waals surface area contributed by atoms with E-state index in [1.807, 2.05) is 30.5 Å². The van der Waals surface area contributed by atoms with Crippen molar-refractivity contribution in [3.63, 3.8) is 0 Å². The predicted molar refractivity (Wildman–Crippen MR) is 89.2 cm³/mol. The van der Waals surface area contributed by atoms with Gasteiger partial charge in [-0.2, -0.15) is 0 Å². The number of hydrogen-bond acceptors (Lipinski definition) is 5. The maximum absolute atomic E-state index is 11.9. The molecule has 2 aromatic rings. The van der Waals surface area contributed by atoms with E-state index in [4.69, 9.17) is 0 Å². The number of aromatic nitrogens is 1. The fraction of sp³-hybridized carbons (Fsp3) is 0.250. The molecule has 1 aromatic heterocycles. The molecule has 0 spiro atoms. The maximum Gasteiger partial charge on any atom is 0.325 e. The molecule has 2 heterocycles. The van der Waals surface area contributed by atoms with Crippen LogP contribution in [0.5, 0.6) is 0 Å². The van der Waals surface area contributed by atoms with Crippen LogP contribution < -0.4 is 10.6 Å². The van der Waals surface area contributed by atoms with Crippen LogP contribution in [0.25, 0.3) is 10.6 Å². The van der Waals surface area contributed by atoms with E-state index in [2.05, 4.69) is 21.7 Å². The number of carbonyl (C=O) groups is 3. The number of nitrogens with zero attached hydrogens (tertiary/aromatic N) is 2. The van der Waals surface area contributed by atoms with E-state index < -0.39 is 17.8 Å². The first-order chi connectivity index (χ1) is 11.5. The fourth-order valence-corrected chi connectivity index (χ4v) is 3.12. The number of rotatable bonds is 5. The molecule has 1 saturated heterocycles. The van der Waals surface area contributed by atoms with E-state index in [1.54, 1.807) is 0 Å². The summed E-state index contributed by atoms with van der Waals surface area (Å²) in [5.41, 5.74) is 2.94. The standard InChI is InChI=1S/C16H16N4O3S/c1-10-3-2-4-11(5-10)15-19-12(9-24-15)6-17-13(21)8-20-14(22)7-18-16(20)23/h2-5,9H,6-8H2,1H3,(H,17,21)(H,18,23). The van der Waals surface area contributed by atoms with Crippen LogP contribution in [0.3, 0.4) is 0 Å². The maximum atomic E-state index is 11.9. The summed E-state index contributed by atoms with van der Waals surface area (Å²) in [5.74, 6) is -0.795. The average Bonchev–Trinajstić information content (AvgIpc) is 3.15. The lowest BCUT2D eigenvalue weighted by Gasteiger charge is -2.11. The van der Waals surface area contributed by atoms with Crippen molar-refractivity contribution in [2.45, 2.75) is 13.5 Å². The first-order valence-electron chi connectivity index (χ1n) is 7.39. The predicted octanol–water partition coefficient (Wildman–Crippen LogP) is 1.29. The highest BCUT2D eigenvalue weighted by Gasteiger charge is 2.29. The summed E-state index contributed by atoms with van der Waals surface area (Å²) < 4.78 is 0. The Balaban J connectivity index is 1.56. The lowest BCUT2D eigenvalue weighted by molar-refractivity contribution is -0.130. The molecule has 1 aliphatic rings. The zero-order valence-electron chi connectivity index (χ0n) is 13.0. The second-order valence-corrected chi connectivity index (χ2v) is 6.29. The van der Waals surface area contributed by atoms with Crippen LogP contribution in [0.15, 0.2) is 29.6 Å². The molecule has 4 amide bonds. The van der Waals surface area contributed by atoms with E-state index in [1.165, 1.54) is 11.3 Å². The number of amides is 4. The van der Waals surface area contributed by atoms with Gasteiger partial charge in [-0.25, -0.2) is 9.78 Å². The van der Waals surface area contributed by atoms with Gasteiger partial charge < -0.3 is 10.6 Å². The number of hydrogen-bond donors (Lipinski definition) is 2. The Morgan fingerprint density at radius 2 is 2.25 bits per heavy atom. The van der Waals surface area contributed by atoms with Gasteiger partial charge in [0.15, 0.2) is 0 Å². The van der Waals surface area contributed by atoms with Gasteiger partial charge in [-0.1, -0.05) is 23.8 Å². The minimum absolute atomic E-state index is 0.0575. The Morgan fingerprint density at radius 1 is 1.42 bits per heavy atom. The largest absolute Gasteiger partial charge is 0.349 e.